The van der Waals surface area contributed by atoms with Gasteiger partial charge in [-0.25, -0.2) is 0 Å². The van der Waals surface area contributed by atoms with E-state index in [0.29, 0.717) is 30.1 Å². The zero-order chi connectivity index (χ0) is 15.2. The molecule has 0 aliphatic rings. The summed E-state index contributed by atoms with van der Waals surface area (Å²) >= 11 is 0. The van der Waals surface area contributed by atoms with Crippen molar-refractivity contribution in [1.29, 1.82) is 0 Å². The summed E-state index contributed by atoms with van der Waals surface area (Å²) in [6.45, 7) is 11.7. The molecule has 0 aliphatic heterocycles. The smallest absolute Gasteiger partial charge is 0.241 e. The number of pyridine rings is 1. The molecule has 0 radical (unpaired) electrons. The Balaban J connectivity index is 2.05. The number of rotatable bonds is 7. The Kier molecular flexibility index (Phi) is 5.44. The molecule has 0 fully saturated rings. The first-order valence-electron chi connectivity index (χ1n) is 7.50. The lowest BCUT2D eigenvalue weighted by Crippen LogP contribution is -2.31. The Morgan fingerprint density at radius 3 is 2.43 bits per heavy atom. The van der Waals surface area contributed by atoms with E-state index in [9.17, 15) is 0 Å². The van der Waals surface area contributed by atoms with Crippen LogP contribution in [0.2, 0.25) is 0 Å². The maximum atomic E-state index is 5.38. The molecule has 0 aliphatic carbocycles. The second-order valence-corrected chi connectivity index (χ2v) is 6.24. The van der Waals surface area contributed by atoms with Crippen LogP contribution in [0.4, 0.5) is 0 Å². The van der Waals surface area contributed by atoms with Gasteiger partial charge in [0.15, 0.2) is 0 Å². The minimum atomic E-state index is 0.604. The van der Waals surface area contributed by atoms with E-state index in [2.05, 4.69) is 47.7 Å². The fourth-order valence-corrected chi connectivity index (χ4v) is 2.36. The Morgan fingerprint density at radius 2 is 1.86 bits per heavy atom. The van der Waals surface area contributed by atoms with Gasteiger partial charge in [0, 0.05) is 31.0 Å². The first-order valence-corrected chi connectivity index (χ1v) is 7.50. The van der Waals surface area contributed by atoms with Crippen molar-refractivity contribution in [3.63, 3.8) is 0 Å². The maximum absolute atomic E-state index is 5.38. The summed E-state index contributed by atoms with van der Waals surface area (Å²) in [6.07, 6.45) is 3.48. The molecule has 0 N–H and O–H groups in total. The van der Waals surface area contributed by atoms with Crippen LogP contribution >= 0.6 is 0 Å². The van der Waals surface area contributed by atoms with Gasteiger partial charge in [-0.1, -0.05) is 32.9 Å². The molecule has 0 unspecified atom stereocenters. The molecule has 0 aromatic carbocycles. The molecule has 0 amide bonds. The fraction of sp³-hybridized carbons (Fsp3) is 0.562. The Morgan fingerprint density at radius 1 is 1.14 bits per heavy atom. The highest BCUT2D eigenvalue weighted by Gasteiger charge is 2.15. The number of aromatic nitrogens is 3. The van der Waals surface area contributed by atoms with Crippen molar-refractivity contribution < 1.29 is 4.52 Å². The summed E-state index contributed by atoms with van der Waals surface area (Å²) in [5.41, 5.74) is 0.881. The van der Waals surface area contributed by atoms with Crippen LogP contribution in [0.3, 0.4) is 0 Å². The summed E-state index contributed by atoms with van der Waals surface area (Å²) in [5, 5.41) is 4.05. The van der Waals surface area contributed by atoms with Gasteiger partial charge in [0.2, 0.25) is 11.7 Å². The summed E-state index contributed by atoms with van der Waals surface area (Å²) < 4.78 is 5.38. The summed E-state index contributed by atoms with van der Waals surface area (Å²) in [4.78, 5) is 10.9. The predicted octanol–water partition coefficient (Wildman–Crippen LogP) is 3.25. The van der Waals surface area contributed by atoms with Crippen molar-refractivity contribution in [2.45, 2.75) is 34.2 Å². The van der Waals surface area contributed by atoms with Crippen LogP contribution in [0.25, 0.3) is 11.4 Å². The number of nitrogens with zero attached hydrogens (tertiary/aromatic N) is 4. The summed E-state index contributed by atoms with van der Waals surface area (Å²) in [5.74, 6) is 2.50. The zero-order valence-electron chi connectivity index (χ0n) is 13.3. The van der Waals surface area contributed by atoms with Gasteiger partial charge in [-0.3, -0.25) is 9.88 Å². The van der Waals surface area contributed by atoms with Crippen LogP contribution in [0, 0.1) is 11.8 Å². The van der Waals surface area contributed by atoms with Gasteiger partial charge in [0.05, 0.1) is 6.54 Å². The van der Waals surface area contributed by atoms with E-state index in [4.69, 9.17) is 4.52 Å². The first-order chi connectivity index (χ1) is 10.0. The number of hydrogen-bond acceptors (Lipinski definition) is 5. The second-order valence-electron chi connectivity index (χ2n) is 6.24. The van der Waals surface area contributed by atoms with Crippen molar-refractivity contribution in [3.8, 4) is 11.4 Å². The largest absolute Gasteiger partial charge is 0.338 e. The molecule has 2 rings (SSSR count). The van der Waals surface area contributed by atoms with E-state index in [1.54, 1.807) is 12.4 Å². The van der Waals surface area contributed by atoms with Crippen molar-refractivity contribution in [1.82, 2.24) is 20.0 Å². The van der Waals surface area contributed by atoms with Gasteiger partial charge >= 0.3 is 0 Å². The van der Waals surface area contributed by atoms with Crippen LogP contribution in [-0.4, -0.2) is 33.1 Å². The van der Waals surface area contributed by atoms with E-state index in [0.717, 1.165) is 18.7 Å². The van der Waals surface area contributed by atoms with Gasteiger partial charge < -0.3 is 4.52 Å². The van der Waals surface area contributed by atoms with E-state index >= 15 is 0 Å². The first kappa shape index (κ1) is 15.6. The van der Waals surface area contributed by atoms with E-state index in [1.807, 2.05) is 12.1 Å². The molecule has 2 aromatic heterocycles. The molecule has 5 nitrogen and oxygen atoms in total. The molecule has 2 heterocycles. The normalized spacial score (nSPS) is 11.8. The maximum Gasteiger partial charge on any atom is 0.241 e. The lowest BCUT2D eigenvalue weighted by Gasteiger charge is -2.24. The van der Waals surface area contributed by atoms with Crippen molar-refractivity contribution in [2.75, 3.05) is 13.1 Å². The monoisotopic (exact) mass is 288 g/mol. The average Bonchev–Trinajstić information content (AvgIpc) is 2.86. The van der Waals surface area contributed by atoms with Crippen molar-refractivity contribution >= 4 is 0 Å². The molecule has 21 heavy (non-hydrogen) atoms. The molecular formula is C16H24N4O. The van der Waals surface area contributed by atoms with Gasteiger partial charge in [-0.2, -0.15) is 4.98 Å². The molecule has 0 bridgehead atoms. The standard InChI is InChI=1S/C16H24N4O/c1-12(2)9-20(10-13(3)4)11-15-18-16(19-21-15)14-6-5-7-17-8-14/h5-8,12-13H,9-11H2,1-4H3. The molecule has 0 atom stereocenters. The van der Waals surface area contributed by atoms with Crippen molar-refractivity contribution in [3.05, 3.63) is 30.4 Å². The van der Waals surface area contributed by atoms with Crippen molar-refractivity contribution in [2.24, 2.45) is 11.8 Å². The van der Waals surface area contributed by atoms with Crippen LogP contribution in [0.1, 0.15) is 33.6 Å². The van der Waals surface area contributed by atoms with E-state index in [1.165, 1.54) is 0 Å². The summed E-state index contributed by atoms with van der Waals surface area (Å²) in [6, 6.07) is 3.80. The zero-order valence-corrected chi connectivity index (χ0v) is 13.3. The molecule has 0 saturated heterocycles. The lowest BCUT2D eigenvalue weighted by atomic mass is 10.1. The van der Waals surface area contributed by atoms with Gasteiger partial charge in [-0.15, -0.1) is 0 Å². The molecule has 0 saturated carbocycles. The second kappa shape index (κ2) is 7.31. The van der Waals surface area contributed by atoms with Gasteiger partial charge in [0.1, 0.15) is 0 Å². The van der Waals surface area contributed by atoms with Crippen LogP contribution in [0.5, 0.6) is 0 Å². The van der Waals surface area contributed by atoms with Gasteiger partial charge in [0.25, 0.3) is 0 Å². The Hall–Kier alpha value is -1.75. The number of hydrogen-bond donors (Lipinski definition) is 0. The van der Waals surface area contributed by atoms with E-state index < -0.39 is 0 Å². The van der Waals surface area contributed by atoms with Crippen LogP contribution in [-0.2, 0) is 6.54 Å². The quantitative estimate of drug-likeness (QED) is 0.783. The SMILES string of the molecule is CC(C)CN(Cc1nc(-c2cccnc2)no1)CC(C)C. The van der Waals surface area contributed by atoms with E-state index in [-0.39, 0.29) is 0 Å². The van der Waals surface area contributed by atoms with Gasteiger partial charge in [-0.05, 0) is 24.0 Å². The van der Waals surface area contributed by atoms with Crippen LogP contribution in [0.15, 0.2) is 29.0 Å². The predicted molar refractivity (Wildman–Crippen MR) is 82.5 cm³/mol. The topological polar surface area (TPSA) is 55.1 Å². The Bertz CT molecular complexity index is 526. The highest BCUT2D eigenvalue weighted by molar-refractivity contribution is 5.51. The lowest BCUT2D eigenvalue weighted by molar-refractivity contribution is 0.186. The summed E-state index contributed by atoms with van der Waals surface area (Å²) in [7, 11) is 0. The molecule has 114 valence electrons. The third-order valence-electron chi connectivity index (χ3n) is 2.99. The highest BCUT2D eigenvalue weighted by Crippen LogP contribution is 2.15. The molecule has 2 aromatic rings. The average molecular weight is 288 g/mol. The minimum absolute atomic E-state index is 0.604. The molecule has 5 heteroatoms. The molecular weight excluding hydrogens is 264 g/mol. The third kappa shape index (κ3) is 4.93. The third-order valence-corrected chi connectivity index (χ3v) is 2.99. The molecule has 0 spiro atoms. The minimum Gasteiger partial charge on any atom is -0.338 e. The van der Waals surface area contributed by atoms with Crippen LogP contribution < -0.4 is 0 Å². The Labute approximate surface area is 126 Å². The fourth-order valence-electron chi connectivity index (χ4n) is 2.36. The highest BCUT2D eigenvalue weighted by atomic mass is 16.5.